The minimum atomic E-state index is -0.553. The molecule has 0 radical (unpaired) electrons. The fraction of sp³-hybridized carbons (Fsp3) is 0.318. The first-order valence-corrected chi connectivity index (χ1v) is 9.92. The van der Waals surface area contributed by atoms with Gasteiger partial charge in [0.25, 0.3) is 5.91 Å². The molecule has 7 nitrogen and oxygen atoms in total. The molecule has 150 valence electrons. The maximum Gasteiger partial charge on any atom is 0.318 e. The highest BCUT2D eigenvalue weighted by Crippen LogP contribution is 2.27. The van der Waals surface area contributed by atoms with Crippen molar-refractivity contribution in [3.63, 3.8) is 0 Å². The lowest BCUT2D eigenvalue weighted by Crippen LogP contribution is -2.30. The summed E-state index contributed by atoms with van der Waals surface area (Å²) in [6.07, 6.45) is 2.23. The van der Waals surface area contributed by atoms with E-state index >= 15 is 0 Å². The molecular formula is C22H24N4O3. The fourth-order valence-electron chi connectivity index (χ4n) is 3.46. The number of carbonyl (C=O) groups excluding carboxylic acids is 1. The van der Waals surface area contributed by atoms with Crippen molar-refractivity contribution >= 4 is 11.9 Å². The molecule has 1 aliphatic heterocycles. The van der Waals surface area contributed by atoms with E-state index in [1.165, 1.54) is 0 Å². The highest BCUT2D eigenvalue weighted by atomic mass is 16.5. The topological polar surface area (TPSA) is 80.5 Å². The van der Waals surface area contributed by atoms with Crippen LogP contribution in [0.4, 0.5) is 6.01 Å². The Morgan fingerprint density at radius 2 is 1.83 bits per heavy atom. The van der Waals surface area contributed by atoms with E-state index in [1.54, 1.807) is 12.1 Å². The van der Waals surface area contributed by atoms with Crippen LogP contribution in [-0.4, -0.2) is 35.8 Å². The zero-order chi connectivity index (χ0) is 20.1. The number of anilines is 1. The van der Waals surface area contributed by atoms with Gasteiger partial charge in [-0.05, 0) is 37.5 Å². The van der Waals surface area contributed by atoms with Crippen LogP contribution in [0.2, 0.25) is 0 Å². The van der Waals surface area contributed by atoms with E-state index in [4.69, 9.17) is 9.15 Å². The van der Waals surface area contributed by atoms with Gasteiger partial charge in [-0.3, -0.25) is 4.79 Å². The number of ether oxygens (including phenoxy) is 1. The minimum absolute atomic E-state index is 0.260. The Morgan fingerprint density at radius 3 is 2.59 bits per heavy atom. The van der Waals surface area contributed by atoms with E-state index in [1.807, 2.05) is 49.4 Å². The average Bonchev–Trinajstić information content (AvgIpc) is 3.45. The van der Waals surface area contributed by atoms with Crippen molar-refractivity contribution < 1.29 is 13.9 Å². The lowest BCUT2D eigenvalue weighted by molar-refractivity contribution is 0.0934. The van der Waals surface area contributed by atoms with Gasteiger partial charge in [-0.1, -0.05) is 47.6 Å². The quantitative estimate of drug-likeness (QED) is 0.662. The van der Waals surface area contributed by atoms with Gasteiger partial charge in [-0.15, -0.1) is 5.10 Å². The van der Waals surface area contributed by atoms with Crippen molar-refractivity contribution in [1.29, 1.82) is 0 Å². The highest BCUT2D eigenvalue weighted by molar-refractivity contribution is 5.97. The second-order valence-corrected chi connectivity index (χ2v) is 6.86. The molecule has 1 aromatic heterocycles. The molecule has 3 aromatic rings. The van der Waals surface area contributed by atoms with Crippen molar-refractivity contribution in [2.24, 2.45) is 0 Å². The third kappa shape index (κ3) is 4.23. The first kappa shape index (κ1) is 19.0. The van der Waals surface area contributed by atoms with Gasteiger partial charge in [-0.2, -0.15) is 0 Å². The molecule has 0 bridgehead atoms. The van der Waals surface area contributed by atoms with Gasteiger partial charge in [0, 0.05) is 13.1 Å². The van der Waals surface area contributed by atoms with Crippen LogP contribution in [0.5, 0.6) is 5.75 Å². The zero-order valence-corrected chi connectivity index (χ0v) is 16.4. The number of benzene rings is 2. The molecule has 0 spiro atoms. The van der Waals surface area contributed by atoms with Gasteiger partial charge >= 0.3 is 6.01 Å². The molecule has 4 rings (SSSR count). The first-order valence-electron chi connectivity index (χ1n) is 9.92. The highest BCUT2D eigenvalue weighted by Gasteiger charge is 2.26. The SMILES string of the molecule is CCOc1ccccc1C(=O)N[C@H](c1ccccc1)c1nnc(N2CCCC2)o1. The summed E-state index contributed by atoms with van der Waals surface area (Å²) >= 11 is 0. The lowest BCUT2D eigenvalue weighted by Gasteiger charge is -2.17. The molecule has 0 saturated carbocycles. The standard InChI is InChI=1S/C22H24N4O3/c1-2-28-18-13-7-6-12-17(18)20(27)23-19(16-10-4-3-5-11-16)21-24-25-22(29-21)26-14-8-9-15-26/h3-7,10-13,19H,2,8-9,14-15H2,1H3,(H,23,27)/t19-/m1/s1. The van der Waals surface area contributed by atoms with Crippen LogP contribution in [0.3, 0.4) is 0 Å². The summed E-state index contributed by atoms with van der Waals surface area (Å²) in [4.78, 5) is 15.1. The second-order valence-electron chi connectivity index (χ2n) is 6.86. The van der Waals surface area contributed by atoms with Gasteiger partial charge in [0.1, 0.15) is 11.8 Å². The number of aromatic nitrogens is 2. The summed E-state index contributed by atoms with van der Waals surface area (Å²) in [6, 6.07) is 16.8. The first-order chi connectivity index (χ1) is 14.3. The average molecular weight is 392 g/mol. The Bertz CT molecular complexity index is 951. The van der Waals surface area contributed by atoms with Crippen molar-refractivity contribution in [2.45, 2.75) is 25.8 Å². The second kappa shape index (κ2) is 8.77. The third-order valence-electron chi connectivity index (χ3n) is 4.89. The molecule has 7 heteroatoms. The van der Waals surface area contributed by atoms with E-state index in [0.29, 0.717) is 29.8 Å². The monoisotopic (exact) mass is 392 g/mol. The van der Waals surface area contributed by atoms with Crippen LogP contribution in [-0.2, 0) is 0 Å². The maximum absolute atomic E-state index is 13.1. The van der Waals surface area contributed by atoms with Crippen LogP contribution in [0, 0.1) is 0 Å². The largest absolute Gasteiger partial charge is 0.493 e. The van der Waals surface area contributed by atoms with Crippen molar-refractivity contribution in [1.82, 2.24) is 15.5 Å². The summed E-state index contributed by atoms with van der Waals surface area (Å²) in [5, 5.41) is 11.5. The van der Waals surface area contributed by atoms with Crippen molar-refractivity contribution in [3.8, 4) is 5.75 Å². The molecule has 2 aromatic carbocycles. The van der Waals surface area contributed by atoms with Crippen LogP contribution < -0.4 is 15.0 Å². The molecule has 2 heterocycles. The van der Waals surface area contributed by atoms with Gasteiger partial charge in [-0.25, -0.2) is 0 Å². The molecule has 1 atom stereocenters. The Labute approximate surface area is 169 Å². The summed E-state index contributed by atoms with van der Waals surface area (Å²) in [7, 11) is 0. The van der Waals surface area contributed by atoms with Gasteiger partial charge in [0.2, 0.25) is 5.89 Å². The number of nitrogens with one attached hydrogen (secondary N) is 1. The summed E-state index contributed by atoms with van der Waals surface area (Å²) < 4.78 is 11.6. The fourth-order valence-corrected chi connectivity index (χ4v) is 3.46. The summed E-state index contributed by atoms with van der Waals surface area (Å²) in [6.45, 7) is 4.19. The third-order valence-corrected chi connectivity index (χ3v) is 4.89. The number of hydrogen-bond donors (Lipinski definition) is 1. The summed E-state index contributed by atoms with van der Waals surface area (Å²) in [5.74, 6) is 0.645. The van der Waals surface area contributed by atoms with E-state index in [2.05, 4.69) is 20.4 Å². The van der Waals surface area contributed by atoms with E-state index in [-0.39, 0.29) is 5.91 Å². The Balaban J connectivity index is 1.63. The lowest BCUT2D eigenvalue weighted by atomic mass is 10.1. The molecule has 1 fully saturated rings. The van der Waals surface area contributed by atoms with Crippen LogP contribution in [0.25, 0.3) is 0 Å². The number of rotatable bonds is 7. The molecule has 0 aliphatic carbocycles. The van der Waals surface area contributed by atoms with E-state index in [0.717, 1.165) is 31.5 Å². The van der Waals surface area contributed by atoms with E-state index in [9.17, 15) is 4.79 Å². The number of nitrogens with zero attached hydrogens (tertiary/aromatic N) is 3. The number of amides is 1. The molecule has 1 amide bonds. The minimum Gasteiger partial charge on any atom is -0.493 e. The molecule has 1 N–H and O–H groups in total. The van der Waals surface area contributed by atoms with Crippen molar-refractivity contribution in [3.05, 3.63) is 71.6 Å². The molecule has 1 saturated heterocycles. The Kier molecular flexibility index (Phi) is 5.74. The number of carbonyl (C=O) groups is 1. The smallest absolute Gasteiger partial charge is 0.318 e. The summed E-state index contributed by atoms with van der Waals surface area (Å²) in [5.41, 5.74) is 1.33. The molecule has 0 unspecified atom stereocenters. The molecule has 1 aliphatic rings. The van der Waals surface area contributed by atoms with Crippen molar-refractivity contribution in [2.75, 3.05) is 24.6 Å². The predicted octanol–water partition coefficient (Wildman–Crippen LogP) is 3.59. The number of para-hydroxylation sites is 1. The van der Waals surface area contributed by atoms with Crippen LogP contribution >= 0.6 is 0 Å². The Morgan fingerprint density at radius 1 is 1.10 bits per heavy atom. The van der Waals surface area contributed by atoms with E-state index < -0.39 is 6.04 Å². The molecule has 29 heavy (non-hydrogen) atoms. The Hall–Kier alpha value is -3.35. The predicted molar refractivity (Wildman–Crippen MR) is 109 cm³/mol. The molecular weight excluding hydrogens is 368 g/mol. The van der Waals surface area contributed by atoms with Gasteiger partial charge < -0.3 is 19.4 Å². The zero-order valence-electron chi connectivity index (χ0n) is 16.4. The van der Waals surface area contributed by atoms with Gasteiger partial charge in [0.15, 0.2) is 0 Å². The normalized spacial score (nSPS) is 14.6. The van der Waals surface area contributed by atoms with Gasteiger partial charge in [0.05, 0.1) is 12.2 Å². The van der Waals surface area contributed by atoms with Crippen LogP contribution in [0.1, 0.15) is 47.6 Å². The number of hydrogen-bond acceptors (Lipinski definition) is 6. The van der Waals surface area contributed by atoms with Crippen LogP contribution in [0.15, 0.2) is 59.0 Å². The maximum atomic E-state index is 13.1.